The summed E-state index contributed by atoms with van der Waals surface area (Å²) in [6.45, 7) is 6.08. The third-order valence-electron chi connectivity index (χ3n) is 5.15. The Bertz CT molecular complexity index is 344. The molecular weight excluding hydrogens is 380 g/mol. The van der Waals surface area contributed by atoms with Gasteiger partial charge >= 0.3 is 0 Å². The van der Waals surface area contributed by atoms with Gasteiger partial charge in [0, 0.05) is 37.4 Å². The van der Waals surface area contributed by atoms with Gasteiger partial charge in [0.15, 0.2) is 0 Å². The second-order valence-corrected chi connectivity index (χ2v) is 9.28. The van der Waals surface area contributed by atoms with E-state index >= 15 is 0 Å². The molecule has 29 heavy (non-hydrogen) atoms. The average Bonchev–Trinajstić information content (AvgIpc) is 2.71. The summed E-state index contributed by atoms with van der Waals surface area (Å²) in [5, 5.41) is 6.02. The van der Waals surface area contributed by atoms with Crippen LogP contribution in [0.2, 0.25) is 0 Å². The summed E-state index contributed by atoms with van der Waals surface area (Å²) in [7, 11) is 0. The summed E-state index contributed by atoms with van der Waals surface area (Å²) >= 11 is 1.70. The van der Waals surface area contributed by atoms with E-state index in [1.165, 1.54) is 77.0 Å². The minimum absolute atomic E-state index is 0.145. The normalized spacial score (nSPS) is 10.8. The number of hydrogen-bond donors (Lipinski definition) is 2. The highest BCUT2D eigenvalue weighted by atomic mass is 32.2. The zero-order valence-corrected chi connectivity index (χ0v) is 20.2. The van der Waals surface area contributed by atoms with E-state index in [4.69, 9.17) is 0 Å². The van der Waals surface area contributed by atoms with Crippen LogP contribution >= 0.6 is 11.8 Å². The van der Waals surface area contributed by atoms with E-state index in [9.17, 15) is 9.59 Å². The van der Waals surface area contributed by atoms with Crippen LogP contribution in [0, 0.1) is 0 Å². The lowest BCUT2D eigenvalue weighted by Gasteiger charge is -2.06. The molecule has 0 radical (unpaired) electrons. The summed E-state index contributed by atoms with van der Waals surface area (Å²) in [6, 6.07) is 0. The highest BCUT2D eigenvalue weighted by Crippen LogP contribution is 2.08. The quantitative estimate of drug-likeness (QED) is 0.201. The number of nitrogens with one attached hydrogen (secondary N) is 2. The number of thioether (sulfide) groups is 1. The van der Waals surface area contributed by atoms with Gasteiger partial charge in [0.05, 0.1) is 0 Å². The van der Waals surface area contributed by atoms with Crippen LogP contribution in [0.15, 0.2) is 0 Å². The molecule has 2 N–H and O–H groups in total. The minimum atomic E-state index is 0.145. The van der Waals surface area contributed by atoms with Gasteiger partial charge in [-0.2, -0.15) is 11.8 Å². The monoisotopic (exact) mass is 428 g/mol. The van der Waals surface area contributed by atoms with Crippen LogP contribution in [-0.4, -0.2) is 36.4 Å². The van der Waals surface area contributed by atoms with Crippen LogP contribution in [0.5, 0.6) is 0 Å². The highest BCUT2D eigenvalue weighted by molar-refractivity contribution is 7.99. The Kier molecular flexibility index (Phi) is 23.0. The molecule has 0 aromatic rings. The molecule has 0 aliphatic carbocycles. The molecule has 172 valence electrons. The molecule has 0 saturated carbocycles. The van der Waals surface area contributed by atoms with Crippen molar-refractivity contribution in [3.05, 3.63) is 0 Å². The third kappa shape index (κ3) is 23.4. The van der Waals surface area contributed by atoms with E-state index in [1.54, 1.807) is 11.8 Å². The number of rotatable bonds is 22. The van der Waals surface area contributed by atoms with Crippen molar-refractivity contribution in [1.29, 1.82) is 0 Å². The molecule has 0 bridgehead atoms. The van der Waals surface area contributed by atoms with Crippen molar-refractivity contribution < 1.29 is 9.59 Å². The third-order valence-corrected chi connectivity index (χ3v) is 6.14. The molecule has 0 rings (SSSR count). The fourth-order valence-corrected chi connectivity index (χ4v) is 4.09. The summed E-state index contributed by atoms with van der Waals surface area (Å²) in [4.78, 5) is 23.6. The van der Waals surface area contributed by atoms with E-state index in [-0.39, 0.29) is 11.8 Å². The van der Waals surface area contributed by atoms with E-state index in [0.717, 1.165) is 37.4 Å². The molecule has 0 aliphatic heterocycles. The van der Waals surface area contributed by atoms with Crippen LogP contribution < -0.4 is 10.6 Å². The molecule has 4 nitrogen and oxygen atoms in total. The molecule has 0 aromatic carbocycles. The van der Waals surface area contributed by atoms with Crippen molar-refractivity contribution in [2.75, 3.05) is 24.6 Å². The van der Waals surface area contributed by atoms with Crippen molar-refractivity contribution in [2.45, 2.75) is 117 Å². The van der Waals surface area contributed by atoms with Gasteiger partial charge in [0.2, 0.25) is 11.8 Å². The van der Waals surface area contributed by atoms with Crippen molar-refractivity contribution in [1.82, 2.24) is 10.6 Å². The van der Waals surface area contributed by atoms with Crippen LogP contribution in [-0.2, 0) is 9.59 Å². The molecule has 0 spiro atoms. The molecule has 2 amide bonds. The van der Waals surface area contributed by atoms with Gasteiger partial charge in [-0.25, -0.2) is 0 Å². The lowest BCUT2D eigenvalue weighted by atomic mass is 10.1. The SMILES string of the molecule is CCCCCCCCCNC(=O)CCSCCC(=O)NCCCCCCCCC. The predicted octanol–water partition coefficient (Wildman–Crippen LogP) is 6.23. The van der Waals surface area contributed by atoms with Crippen LogP contribution in [0.1, 0.15) is 117 Å². The lowest BCUT2D eigenvalue weighted by Crippen LogP contribution is -2.25. The molecule has 0 fully saturated rings. The first-order valence-corrected chi connectivity index (χ1v) is 13.5. The molecule has 0 unspecified atom stereocenters. The zero-order chi connectivity index (χ0) is 21.4. The van der Waals surface area contributed by atoms with Crippen molar-refractivity contribution in [3.8, 4) is 0 Å². The van der Waals surface area contributed by atoms with Gasteiger partial charge < -0.3 is 10.6 Å². The number of unbranched alkanes of at least 4 members (excludes halogenated alkanes) is 12. The number of carbonyl (C=O) groups is 2. The number of carbonyl (C=O) groups excluding carboxylic acids is 2. The molecule has 5 heteroatoms. The van der Waals surface area contributed by atoms with Crippen molar-refractivity contribution >= 4 is 23.6 Å². The Morgan fingerprint density at radius 2 is 0.897 bits per heavy atom. The summed E-state index contributed by atoms with van der Waals surface area (Å²) in [5.41, 5.74) is 0. The molecule has 0 saturated heterocycles. The number of hydrogen-bond acceptors (Lipinski definition) is 3. The first-order valence-electron chi connectivity index (χ1n) is 12.3. The highest BCUT2D eigenvalue weighted by Gasteiger charge is 2.03. The Hall–Kier alpha value is -0.710. The lowest BCUT2D eigenvalue weighted by molar-refractivity contribution is -0.121. The maximum Gasteiger partial charge on any atom is 0.220 e. The summed E-state index contributed by atoms with van der Waals surface area (Å²) < 4.78 is 0. The topological polar surface area (TPSA) is 58.2 Å². The van der Waals surface area contributed by atoms with Crippen molar-refractivity contribution in [3.63, 3.8) is 0 Å². The Labute approximate surface area is 185 Å². The first-order chi connectivity index (χ1) is 14.2. The van der Waals surface area contributed by atoms with Gasteiger partial charge in [-0.3, -0.25) is 9.59 Å². The largest absolute Gasteiger partial charge is 0.356 e. The van der Waals surface area contributed by atoms with Crippen LogP contribution in [0.3, 0.4) is 0 Å². The maximum atomic E-state index is 11.8. The van der Waals surface area contributed by atoms with E-state index in [0.29, 0.717) is 12.8 Å². The van der Waals surface area contributed by atoms with Crippen molar-refractivity contribution in [2.24, 2.45) is 0 Å². The zero-order valence-electron chi connectivity index (χ0n) is 19.4. The second-order valence-electron chi connectivity index (χ2n) is 8.05. The Morgan fingerprint density at radius 3 is 1.28 bits per heavy atom. The number of amides is 2. The smallest absolute Gasteiger partial charge is 0.220 e. The fourth-order valence-electron chi connectivity index (χ4n) is 3.23. The average molecular weight is 429 g/mol. The second kappa shape index (κ2) is 23.6. The molecule has 0 aliphatic rings. The van der Waals surface area contributed by atoms with Gasteiger partial charge in [0.1, 0.15) is 0 Å². The van der Waals surface area contributed by atoms with Crippen LogP contribution in [0.25, 0.3) is 0 Å². The Morgan fingerprint density at radius 1 is 0.552 bits per heavy atom. The first kappa shape index (κ1) is 28.3. The molecular formula is C24H48N2O2S. The van der Waals surface area contributed by atoms with Gasteiger partial charge in [-0.1, -0.05) is 90.9 Å². The minimum Gasteiger partial charge on any atom is -0.356 e. The van der Waals surface area contributed by atoms with Gasteiger partial charge in [-0.15, -0.1) is 0 Å². The summed E-state index contributed by atoms with van der Waals surface area (Å²) in [6.07, 6.45) is 18.9. The van der Waals surface area contributed by atoms with E-state index in [1.807, 2.05) is 0 Å². The van der Waals surface area contributed by atoms with Crippen LogP contribution in [0.4, 0.5) is 0 Å². The van der Waals surface area contributed by atoms with E-state index < -0.39 is 0 Å². The predicted molar refractivity (Wildman–Crippen MR) is 129 cm³/mol. The molecule has 0 atom stereocenters. The summed E-state index contributed by atoms with van der Waals surface area (Å²) in [5.74, 6) is 1.89. The fraction of sp³-hybridized carbons (Fsp3) is 0.917. The Balaban J connectivity index is 3.29. The molecule has 0 heterocycles. The van der Waals surface area contributed by atoms with Gasteiger partial charge in [0.25, 0.3) is 0 Å². The van der Waals surface area contributed by atoms with E-state index in [2.05, 4.69) is 24.5 Å². The molecule has 0 aromatic heterocycles. The van der Waals surface area contributed by atoms with Gasteiger partial charge in [-0.05, 0) is 12.8 Å². The maximum absolute atomic E-state index is 11.8. The standard InChI is InChI=1S/C24H48N2O2S/c1-3-5-7-9-11-13-15-19-25-23(27)17-21-29-22-18-24(28)26-20-16-14-12-10-8-6-4-2/h3-22H2,1-2H3,(H,25,27)(H,26,28).